The molecule has 0 fully saturated rings. The van der Waals surface area contributed by atoms with Gasteiger partial charge in [-0.25, -0.2) is 14.6 Å². The number of fused-ring (bicyclic) bond motifs is 1. The molecule has 0 unspecified atom stereocenters. The molecule has 0 saturated heterocycles. The smallest absolute Gasteiger partial charge is 0.168 e. The number of rotatable bonds is 5. The van der Waals surface area contributed by atoms with E-state index in [0.717, 1.165) is 29.1 Å². The number of benzene rings is 2. The molecule has 0 aliphatic heterocycles. The molecular formula is C23H25N5. The van der Waals surface area contributed by atoms with E-state index in [1.807, 2.05) is 16.9 Å². The Morgan fingerprint density at radius 3 is 2.36 bits per heavy atom. The van der Waals surface area contributed by atoms with Gasteiger partial charge in [0, 0.05) is 12.6 Å². The second-order valence-corrected chi connectivity index (χ2v) is 7.54. The first-order chi connectivity index (χ1) is 13.5. The van der Waals surface area contributed by atoms with Crippen molar-refractivity contribution >= 4 is 16.9 Å². The highest BCUT2D eigenvalue weighted by Gasteiger charge is 2.19. The number of anilines is 1. The van der Waals surface area contributed by atoms with Crippen LogP contribution in [0.4, 0.5) is 5.82 Å². The second kappa shape index (κ2) is 7.43. The van der Waals surface area contributed by atoms with Crippen molar-refractivity contribution in [3.63, 3.8) is 0 Å². The van der Waals surface area contributed by atoms with Crippen LogP contribution in [0.2, 0.25) is 0 Å². The molecule has 0 saturated carbocycles. The van der Waals surface area contributed by atoms with E-state index in [-0.39, 0.29) is 0 Å². The van der Waals surface area contributed by atoms with Crippen molar-refractivity contribution in [2.75, 3.05) is 4.90 Å². The summed E-state index contributed by atoms with van der Waals surface area (Å²) in [5.41, 5.74) is 5.52. The summed E-state index contributed by atoms with van der Waals surface area (Å²) in [6.45, 7) is 9.36. The summed E-state index contributed by atoms with van der Waals surface area (Å²) < 4.78 is 1.90. The molecule has 2 aromatic heterocycles. The maximum Gasteiger partial charge on any atom is 0.168 e. The summed E-state index contributed by atoms with van der Waals surface area (Å²) in [6, 6.07) is 17.2. The van der Waals surface area contributed by atoms with Crippen molar-refractivity contribution in [3.05, 3.63) is 77.7 Å². The fraction of sp³-hybridized carbons (Fsp3) is 0.261. The molecule has 5 heteroatoms. The van der Waals surface area contributed by atoms with Gasteiger partial charge < -0.3 is 4.90 Å². The summed E-state index contributed by atoms with van der Waals surface area (Å²) in [7, 11) is 0. The fourth-order valence-electron chi connectivity index (χ4n) is 3.60. The lowest BCUT2D eigenvalue weighted by Gasteiger charge is -2.28. The van der Waals surface area contributed by atoms with Gasteiger partial charge in [-0.05, 0) is 56.5 Å². The maximum absolute atomic E-state index is 4.64. The van der Waals surface area contributed by atoms with Crippen molar-refractivity contribution in [2.24, 2.45) is 0 Å². The predicted octanol–water partition coefficient (Wildman–Crippen LogP) is 4.85. The lowest BCUT2D eigenvalue weighted by molar-refractivity contribution is 0.674. The first-order valence-electron chi connectivity index (χ1n) is 9.61. The third-order valence-electron chi connectivity index (χ3n) is 4.89. The topological polar surface area (TPSA) is 46.8 Å². The highest BCUT2D eigenvalue weighted by atomic mass is 15.3. The van der Waals surface area contributed by atoms with Crippen LogP contribution in [0.25, 0.3) is 16.7 Å². The van der Waals surface area contributed by atoms with Gasteiger partial charge in [-0.15, -0.1) is 0 Å². The zero-order chi connectivity index (χ0) is 19.7. The molecule has 2 heterocycles. The third-order valence-corrected chi connectivity index (χ3v) is 4.89. The Morgan fingerprint density at radius 1 is 0.964 bits per heavy atom. The molecule has 5 nitrogen and oxygen atoms in total. The van der Waals surface area contributed by atoms with E-state index < -0.39 is 0 Å². The average molecular weight is 371 g/mol. The first kappa shape index (κ1) is 18.2. The maximum atomic E-state index is 4.64. The summed E-state index contributed by atoms with van der Waals surface area (Å²) >= 11 is 0. The molecule has 4 aromatic rings. The van der Waals surface area contributed by atoms with Crippen molar-refractivity contribution in [1.29, 1.82) is 0 Å². The quantitative estimate of drug-likeness (QED) is 0.503. The van der Waals surface area contributed by atoms with E-state index in [9.17, 15) is 0 Å². The minimum absolute atomic E-state index is 0.294. The summed E-state index contributed by atoms with van der Waals surface area (Å²) in [6.07, 6.45) is 3.52. The van der Waals surface area contributed by atoms with E-state index in [1.165, 1.54) is 16.7 Å². The van der Waals surface area contributed by atoms with Crippen LogP contribution in [0, 0.1) is 13.8 Å². The largest absolute Gasteiger partial charge is 0.349 e. The normalized spacial score (nSPS) is 11.3. The van der Waals surface area contributed by atoms with Crippen molar-refractivity contribution in [1.82, 2.24) is 19.7 Å². The second-order valence-electron chi connectivity index (χ2n) is 7.54. The van der Waals surface area contributed by atoms with E-state index in [0.29, 0.717) is 6.04 Å². The van der Waals surface area contributed by atoms with Crippen LogP contribution in [0.1, 0.15) is 30.5 Å². The molecule has 0 radical (unpaired) electrons. The summed E-state index contributed by atoms with van der Waals surface area (Å²) in [5, 5.41) is 5.61. The Labute approximate surface area is 165 Å². The number of aromatic nitrogens is 4. The Morgan fingerprint density at radius 2 is 1.68 bits per heavy atom. The van der Waals surface area contributed by atoms with Gasteiger partial charge in [-0.1, -0.05) is 36.4 Å². The van der Waals surface area contributed by atoms with Crippen LogP contribution in [-0.4, -0.2) is 25.8 Å². The van der Waals surface area contributed by atoms with Crippen LogP contribution in [0.3, 0.4) is 0 Å². The number of hydrogen-bond acceptors (Lipinski definition) is 4. The molecule has 0 amide bonds. The first-order valence-corrected chi connectivity index (χ1v) is 9.61. The van der Waals surface area contributed by atoms with Gasteiger partial charge in [0.1, 0.15) is 12.1 Å². The van der Waals surface area contributed by atoms with Crippen molar-refractivity contribution in [2.45, 2.75) is 40.3 Å². The van der Waals surface area contributed by atoms with Crippen LogP contribution in [0.15, 0.2) is 61.1 Å². The van der Waals surface area contributed by atoms with Gasteiger partial charge in [-0.2, -0.15) is 5.10 Å². The Bertz CT molecular complexity index is 1080. The van der Waals surface area contributed by atoms with E-state index in [1.54, 1.807) is 6.33 Å². The highest BCUT2D eigenvalue weighted by Crippen LogP contribution is 2.27. The number of hydrogen-bond donors (Lipinski definition) is 0. The molecule has 28 heavy (non-hydrogen) atoms. The minimum Gasteiger partial charge on any atom is -0.349 e. The molecule has 0 aliphatic rings. The monoisotopic (exact) mass is 371 g/mol. The standard InChI is InChI=1S/C23H25N5/c1-16(2)27(14-19-8-6-5-7-9-19)22-21-13-26-28(23(21)25-15-24-22)20-11-17(3)10-18(4)12-20/h5-13,15-16H,14H2,1-4H3. The molecule has 0 aliphatic carbocycles. The van der Waals surface area contributed by atoms with Crippen molar-refractivity contribution < 1.29 is 0 Å². The van der Waals surface area contributed by atoms with Gasteiger partial charge in [0.25, 0.3) is 0 Å². The van der Waals surface area contributed by atoms with Crippen LogP contribution in [-0.2, 0) is 6.54 Å². The zero-order valence-corrected chi connectivity index (χ0v) is 16.8. The molecule has 0 spiro atoms. The van der Waals surface area contributed by atoms with E-state index >= 15 is 0 Å². The number of nitrogens with zero attached hydrogens (tertiary/aromatic N) is 5. The number of aryl methyl sites for hydroxylation is 2. The Kier molecular flexibility index (Phi) is 4.82. The zero-order valence-electron chi connectivity index (χ0n) is 16.8. The molecular weight excluding hydrogens is 346 g/mol. The summed E-state index contributed by atoms with van der Waals surface area (Å²) in [5.74, 6) is 0.916. The average Bonchev–Trinajstić information content (AvgIpc) is 3.10. The predicted molar refractivity (Wildman–Crippen MR) is 114 cm³/mol. The highest BCUT2D eigenvalue weighted by molar-refractivity contribution is 5.87. The minimum atomic E-state index is 0.294. The molecule has 2 aromatic carbocycles. The van der Waals surface area contributed by atoms with Gasteiger partial charge in [0.2, 0.25) is 0 Å². The van der Waals surface area contributed by atoms with Gasteiger partial charge in [0.15, 0.2) is 5.65 Å². The fourth-order valence-corrected chi connectivity index (χ4v) is 3.60. The molecule has 142 valence electrons. The third kappa shape index (κ3) is 3.48. The molecule has 0 bridgehead atoms. The van der Waals surface area contributed by atoms with Crippen LogP contribution in [0.5, 0.6) is 0 Å². The van der Waals surface area contributed by atoms with Crippen LogP contribution < -0.4 is 4.90 Å². The van der Waals surface area contributed by atoms with E-state index in [2.05, 4.69) is 90.1 Å². The van der Waals surface area contributed by atoms with Crippen molar-refractivity contribution in [3.8, 4) is 5.69 Å². The van der Waals surface area contributed by atoms with E-state index in [4.69, 9.17) is 0 Å². The Hall–Kier alpha value is -3.21. The van der Waals surface area contributed by atoms with Crippen LogP contribution >= 0.6 is 0 Å². The lowest BCUT2D eigenvalue weighted by Crippen LogP contribution is -2.31. The molecule has 4 rings (SSSR count). The molecule has 0 atom stereocenters. The van der Waals surface area contributed by atoms with Gasteiger partial charge in [-0.3, -0.25) is 0 Å². The lowest BCUT2D eigenvalue weighted by atomic mass is 10.1. The Balaban J connectivity index is 1.80. The molecule has 0 N–H and O–H groups in total. The SMILES string of the molecule is Cc1cc(C)cc(-n2ncc3c(N(Cc4ccccc4)C(C)C)ncnc32)c1. The van der Waals surface area contributed by atoms with Gasteiger partial charge in [0.05, 0.1) is 17.3 Å². The van der Waals surface area contributed by atoms with Gasteiger partial charge >= 0.3 is 0 Å². The summed E-state index contributed by atoms with van der Waals surface area (Å²) in [4.78, 5) is 11.5.